The van der Waals surface area contributed by atoms with Gasteiger partial charge in [0.2, 0.25) is 0 Å². The SMILES string of the molecule is COc1cc(OC)c(F)c(-c2ncc3c(-c4ccc5c(c4)CC(C(=O)N(C)C)O5)[nH]nc3n2)c1F. The average Bonchev–Trinajstić information content (AvgIpc) is 3.47. The van der Waals surface area contributed by atoms with Crippen LogP contribution in [0.1, 0.15) is 5.56 Å². The molecule has 5 rings (SSSR count). The van der Waals surface area contributed by atoms with Crippen LogP contribution in [0.5, 0.6) is 17.2 Å². The van der Waals surface area contributed by atoms with Crippen molar-refractivity contribution in [2.45, 2.75) is 12.5 Å². The third-order valence-electron chi connectivity index (χ3n) is 5.85. The van der Waals surface area contributed by atoms with Crippen LogP contribution in [0.15, 0.2) is 30.5 Å². The summed E-state index contributed by atoms with van der Waals surface area (Å²) >= 11 is 0. The fraction of sp³-hybridized carbons (Fsp3) is 0.250. The first-order chi connectivity index (χ1) is 16.8. The Bertz CT molecular complexity index is 1440. The number of amides is 1. The molecule has 0 bridgehead atoms. The van der Waals surface area contributed by atoms with Gasteiger partial charge in [-0.05, 0) is 23.8 Å². The van der Waals surface area contributed by atoms with Gasteiger partial charge in [0.05, 0.1) is 30.9 Å². The number of nitrogens with zero attached hydrogens (tertiary/aromatic N) is 4. The number of likely N-dealkylation sites (N-methyl/N-ethyl adjacent to an activating group) is 1. The number of halogens is 2. The lowest BCUT2D eigenvalue weighted by Crippen LogP contribution is -2.36. The number of H-pyrrole nitrogens is 1. The van der Waals surface area contributed by atoms with Crippen LogP contribution < -0.4 is 14.2 Å². The van der Waals surface area contributed by atoms with Crippen LogP contribution in [0.3, 0.4) is 0 Å². The van der Waals surface area contributed by atoms with E-state index in [2.05, 4.69) is 20.2 Å². The monoisotopic (exact) mass is 481 g/mol. The summed E-state index contributed by atoms with van der Waals surface area (Å²) in [6.45, 7) is 0. The van der Waals surface area contributed by atoms with Crippen molar-refractivity contribution in [3.05, 3.63) is 47.7 Å². The van der Waals surface area contributed by atoms with Crippen LogP contribution in [0, 0.1) is 11.6 Å². The summed E-state index contributed by atoms with van der Waals surface area (Å²) in [6, 6.07) is 6.65. The fourth-order valence-corrected chi connectivity index (χ4v) is 4.06. The lowest BCUT2D eigenvalue weighted by molar-refractivity contribution is -0.135. The molecule has 1 unspecified atom stereocenters. The number of aromatic nitrogens is 4. The molecule has 2 aromatic carbocycles. The summed E-state index contributed by atoms with van der Waals surface area (Å²) < 4.78 is 45.6. The molecule has 0 aliphatic carbocycles. The average molecular weight is 481 g/mol. The van der Waals surface area contributed by atoms with Crippen molar-refractivity contribution < 1.29 is 27.8 Å². The Morgan fingerprint density at radius 2 is 1.86 bits per heavy atom. The van der Waals surface area contributed by atoms with Gasteiger partial charge in [-0.1, -0.05) is 0 Å². The molecule has 1 atom stereocenters. The van der Waals surface area contributed by atoms with Gasteiger partial charge in [-0.25, -0.2) is 18.7 Å². The second-order valence-electron chi connectivity index (χ2n) is 8.18. The molecule has 35 heavy (non-hydrogen) atoms. The molecule has 0 fully saturated rings. The van der Waals surface area contributed by atoms with E-state index in [0.29, 0.717) is 23.3 Å². The summed E-state index contributed by atoms with van der Waals surface area (Å²) in [5.41, 5.74) is 2.04. The zero-order chi connectivity index (χ0) is 24.9. The van der Waals surface area contributed by atoms with E-state index in [4.69, 9.17) is 14.2 Å². The van der Waals surface area contributed by atoms with E-state index in [1.807, 2.05) is 12.1 Å². The molecule has 11 heteroatoms. The Hall–Kier alpha value is -4.28. The Morgan fingerprint density at radius 3 is 2.51 bits per heavy atom. The van der Waals surface area contributed by atoms with Gasteiger partial charge in [0.15, 0.2) is 40.7 Å². The molecule has 1 N–H and O–H groups in total. The molecule has 0 saturated heterocycles. The smallest absolute Gasteiger partial charge is 0.263 e. The van der Waals surface area contributed by atoms with E-state index in [9.17, 15) is 13.6 Å². The minimum absolute atomic E-state index is 0.107. The Balaban J connectivity index is 1.53. The van der Waals surface area contributed by atoms with E-state index in [-0.39, 0.29) is 28.9 Å². The third kappa shape index (κ3) is 3.69. The quantitative estimate of drug-likeness (QED) is 0.466. The molecule has 3 heterocycles. The highest BCUT2D eigenvalue weighted by Gasteiger charge is 2.31. The van der Waals surface area contributed by atoms with Gasteiger partial charge in [-0.15, -0.1) is 0 Å². The molecular weight excluding hydrogens is 460 g/mol. The highest BCUT2D eigenvalue weighted by molar-refractivity contribution is 5.91. The van der Waals surface area contributed by atoms with Crippen LogP contribution in [-0.2, 0) is 11.2 Å². The number of ether oxygens (including phenoxy) is 3. The molecular formula is C24H21F2N5O4. The predicted octanol–water partition coefficient (Wildman–Crippen LogP) is 3.37. The molecule has 180 valence electrons. The number of nitrogens with one attached hydrogen (secondary N) is 1. The summed E-state index contributed by atoms with van der Waals surface area (Å²) in [7, 11) is 5.91. The van der Waals surface area contributed by atoms with Crippen LogP contribution in [-0.4, -0.2) is 65.4 Å². The normalized spacial score (nSPS) is 14.5. The Labute approximate surface area is 198 Å². The van der Waals surface area contributed by atoms with Crippen molar-refractivity contribution in [2.75, 3.05) is 28.3 Å². The maximum Gasteiger partial charge on any atom is 0.263 e. The van der Waals surface area contributed by atoms with Crippen LogP contribution in [0.4, 0.5) is 8.78 Å². The number of aromatic amines is 1. The highest BCUT2D eigenvalue weighted by atomic mass is 19.1. The highest BCUT2D eigenvalue weighted by Crippen LogP contribution is 2.38. The first kappa shape index (κ1) is 22.5. The molecule has 2 aromatic heterocycles. The Morgan fingerprint density at radius 1 is 1.14 bits per heavy atom. The van der Waals surface area contributed by atoms with Crippen molar-refractivity contribution >= 4 is 16.9 Å². The number of benzene rings is 2. The maximum absolute atomic E-state index is 14.9. The van der Waals surface area contributed by atoms with E-state index in [0.717, 1.165) is 17.2 Å². The zero-order valence-corrected chi connectivity index (χ0v) is 19.3. The molecule has 1 aliphatic rings. The Kier molecular flexibility index (Phi) is 5.46. The van der Waals surface area contributed by atoms with Gasteiger partial charge in [0, 0.05) is 38.3 Å². The largest absolute Gasteiger partial charge is 0.494 e. The van der Waals surface area contributed by atoms with Gasteiger partial charge in [0.1, 0.15) is 5.75 Å². The fourth-order valence-electron chi connectivity index (χ4n) is 4.06. The number of rotatable bonds is 5. The van der Waals surface area contributed by atoms with Crippen LogP contribution >= 0.6 is 0 Å². The first-order valence-electron chi connectivity index (χ1n) is 10.6. The summed E-state index contributed by atoms with van der Waals surface area (Å²) in [5.74, 6) is -1.94. The second-order valence-corrected chi connectivity index (χ2v) is 8.18. The maximum atomic E-state index is 14.9. The van der Waals surface area contributed by atoms with Crippen molar-refractivity contribution in [1.82, 2.24) is 25.1 Å². The zero-order valence-electron chi connectivity index (χ0n) is 19.3. The standard InChI is InChI=1S/C24H21F2N5O4/c1-31(2)24(32)17-8-12-7-11(5-6-14(12)35-17)21-13-10-27-23(28-22(13)30-29-21)18-19(25)15(33-3)9-16(34-4)20(18)26/h5-7,9-10,17H,8H2,1-4H3,(H,27,28,29,30). The summed E-state index contributed by atoms with van der Waals surface area (Å²) in [6.07, 6.45) is 1.33. The predicted molar refractivity (Wildman–Crippen MR) is 122 cm³/mol. The van der Waals surface area contributed by atoms with Crippen molar-refractivity contribution in [3.63, 3.8) is 0 Å². The van der Waals surface area contributed by atoms with Crippen LogP contribution in [0.2, 0.25) is 0 Å². The number of carbonyl (C=O) groups is 1. The van der Waals surface area contributed by atoms with Gasteiger partial charge in [-0.2, -0.15) is 5.10 Å². The van der Waals surface area contributed by atoms with E-state index in [1.165, 1.54) is 25.3 Å². The lowest BCUT2D eigenvalue weighted by Gasteiger charge is -2.15. The van der Waals surface area contributed by atoms with Gasteiger partial charge in [0.25, 0.3) is 5.91 Å². The number of fused-ring (bicyclic) bond motifs is 2. The molecule has 0 saturated carbocycles. The van der Waals surface area contributed by atoms with E-state index in [1.54, 1.807) is 20.2 Å². The molecule has 0 spiro atoms. The molecule has 0 radical (unpaired) electrons. The number of hydrogen-bond donors (Lipinski definition) is 1. The third-order valence-corrected chi connectivity index (χ3v) is 5.85. The van der Waals surface area contributed by atoms with Crippen molar-refractivity contribution in [1.29, 1.82) is 0 Å². The molecule has 1 amide bonds. The molecule has 9 nitrogen and oxygen atoms in total. The number of methoxy groups -OCH3 is 2. The number of hydrogen-bond acceptors (Lipinski definition) is 7. The molecule has 4 aromatic rings. The van der Waals surface area contributed by atoms with Crippen LogP contribution in [0.25, 0.3) is 33.7 Å². The molecule has 1 aliphatic heterocycles. The van der Waals surface area contributed by atoms with Gasteiger partial charge < -0.3 is 19.1 Å². The van der Waals surface area contributed by atoms with Gasteiger partial charge in [-0.3, -0.25) is 9.89 Å². The number of carbonyl (C=O) groups excluding carboxylic acids is 1. The van der Waals surface area contributed by atoms with Crippen molar-refractivity contribution in [3.8, 4) is 39.9 Å². The van der Waals surface area contributed by atoms with Crippen molar-refractivity contribution in [2.24, 2.45) is 0 Å². The minimum Gasteiger partial charge on any atom is -0.494 e. The topological polar surface area (TPSA) is 102 Å². The lowest BCUT2D eigenvalue weighted by atomic mass is 10.0. The summed E-state index contributed by atoms with van der Waals surface area (Å²) in [4.78, 5) is 22.2. The van der Waals surface area contributed by atoms with E-state index < -0.39 is 23.3 Å². The van der Waals surface area contributed by atoms with Gasteiger partial charge >= 0.3 is 0 Å². The van der Waals surface area contributed by atoms with E-state index >= 15 is 0 Å². The summed E-state index contributed by atoms with van der Waals surface area (Å²) in [5, 5.41) is 7.69. The minimum atomic E-state index is -0.943. The first-order valence-corrected chi connectivity index (χ1v) is 10.6. The second kappa shape index (κ2) is 8.49.